The fourth-order valence-electron chi connectivity index (χ4n) is 6.17. The van der Waals surface area contributed by atoms with Crippen LogP contribution in [0.5, 0.6) is 5.75 Å². The summed E-state index contributed by atoms with van der Waals surface area (Å²) in [6.07, 6.45) is 4.38. The molecule has 1 saturated heterocycles. The normalized spacial score (nSPS) is 22.8. The highest BCUT2D eigenvalue weighted by molar-refractivity contribution is 6.22. The van der Waals surface area contributed by atoms with Crippen LogP contribution in [0.1, 0.15) is 58.4 Å². The molecule has 0 spiro atoms. The number of nitrogens with zero attached hydrogens (tertiary/aromatic N) is 1. The molecule has 6 nitrogen and oxygen atoms in total. The van der Waals surface area contributed by atoms with Crippen molar-refractivity contribution in [2.45, 2.75) is 59.0 Å². The monoisotopic (exact) mass is 517 g/mol. The van der Waals surface area contributed by atoms with Crippen molar-refractivity contribution in [2.24, 2.45) is 23.7 Å². The predicted molar refractivity (Wildman–Crippen MR) is 149 cm³/mol. The molecule has 1 aliphatic carbocycles. The predicted octanol–water partition coefficient (Wildman–Crippen LogP) is 5.49. The van der Waals surface area contributed by atoms with Crippen molar-refractivity contribution in [3.05, 3.63) is 76.9 Å². The van der Waals surface area contributed by atoms with E-state index >= 15 is 0 Å². The summed E-state index contributed by atoms with van der Waals surface area (Å²) in [7, 11) is 0. The van der Waals surface area contributed by atoms with Crippen molar-refractivity contribution in [1.82, 2.24) is 0 Å². The second-order valence-electron chi connectivity index (χ2n) is 10.8. The Morgan fingerprint density at radius 1 is 1.03 bits per heavy atom. The Morgan fingerprint density at radius 2 is 1.71 bits per heavy atom. The van der Waals surface area contributed by atoms with Crippen LogP contribution in [0.15, 0.2) is 71.3 Å². The number of hydrogen-bond acceptors (Lipinski definition) is 5. The minimum absolute atomic E-state index is 0.0650. The molecule has 0 radical (unpaired) electrons. The molecular weight excluding hydrogens is 478 g/mol. The number of anilines is 1. The number of carbonyl (C=O) groups is 2. The lowest BCUT2D eigenvalue weighted by Gasteiger charge is -2.38. The fourth-order valence-corrected chi connectivity index (χ4v) is 6.17. The van der Waals surface area contributed by atoms with Crippen molar-refractivity contribution < 1.29 is 24.9 Å². The molecule has 1 aliphatic heterocycles. The van der Waals surface area contributed by atoms with E-state index in [1.54, 1.807) is 36.4 Å². The lowest BCUT2D eigenvalue weighted by atomic mass is 9.66. The average Bonchev–Trinajstić information content (AvgIpc) is 3.17. The van der Waals surface area contributed by atoms with E-state index in [-0.39, 0.29) is 30.1 Å². The maximum atomic E-state index is 13.6. The molecule has 2 aliphatic rings. The Morgan fingerprint density at radius 3 is 2.34 bits per heavy atom. The number of imide groups is 1. The number of amides is 2. The summed E-state index contributed by atoms with van der Waals surface area (Å²) in [4.78, 5) is 28.3. The zero-order valence-electron chi connectivity index (χ0n) is 22.5. The fraction of sp³-hybridized carbons (Fsp3) is 0.438. The maximum absolute atomic E-state index is 13.6. The Hall–Kier alpha value is -3.22. The number of carbonyl (C=O) groups excluding carboxylic acids is 2. The number of aromatic hydroxyl groups is 1. The molecule has 1 fully saturated rings. The SMILES string of the molecule is CCC/C(=C\c1ccccc1O)CC[C@@H](O)C1=C(C(C)C)C[C@H]2C(=O)N(c3ccccc3)C(=O)[C@H]2[C@H]1CO. The summed E-state index contributed by atoms with van der Waals surface area (Å²) in [6.45, 7) is 5.86. The van der Waals surface area contributed by atoms with Gasteiger partial charge in [0.1, 0.15) is 5.75 Å². The maximum Gasteiger partial charge on any atom is 0.238 e. The van der Waals surface area contributed by atoms with Gasteiger partial charge in [-0.2, -0.15) is 0 Å². The number of phenols is 1. The van der Waals surface area contributed by atoms with Crippen LogP contribution in [0.25, 0.3) is 6.08 Å². The van der Waals surface area contributed by atoms with Crippen LogP contribution in [-0.4, -0.2) is 39.8 Å². The van der Waals surface area contributed by atoms with Gasteiger partial charge in [-0.25, -0.2) is 0 Å². The standard InChI is InChI=1S/C32H39NO5/c1-4-10-21(17-22-11-8-9-14-27(22)35)15-16-28(36)29-24(20(2)3)18-25-30(26(29)19-34)32(38)33(31(25)37)23-12-6-5-7-13-23/h5-9,11-14,17,20,25-26,28,30,34-36H,4,10,15-16,18-19H2,1-3H3/b21-17+/t25-,26+,28-,30-/m1/s1. The number of para-hydroxylation sites is 2. The van der Waals surface area contributed by atoms with Crippen molar-refractivity contribution in [3.8, 4) is 5.75 Å². The van der Waals surface area contributed by atoms with Gasteiger partial charge in [0.15, 0.2) is 0 Å². The van der Waals surface area contributed by atoms with E-state index in [1.807, 2.05) is 38.1 Å². The minimum Gasteiger partial charge on any atom is -0.507 e. The Balaban J connectivity index is 1.62. The molecule has 0 saturated carbocycles. The van der Waals surface area contributed by atoms with E-state index in [2.05, 4.69) is 6.92 Å². The second-order valence-corrected chi connectivity index (χ2v) is 10.8. The quantitative estimate of drug-likeness (QED) is 0.286. The van der Waals surface area contributed by atoms with Crippen LogP contribution in [0.2, 0.25) is 0 Å². The van der Waals surface area contributed by atoms with Crippen LogP contribution in [0, 0.1) is 23.7 Å². The molecule has 0 unspecified atom stereocenters. The third kappa shape index (κ3) is 5.47. The van der Waals surface area contributed by atoms with Crippen LogP contribution >= 0.6 is 0 Å². The first-order valence-corrected chi connectivity index (χ1v) is 13.7. The highest BCUT2D eigenvalue weighted by Crippen LogP contribution is 2.48. The van der Waals surface area contributed by atoms with Crippen LogP contribution in [0.3, 0.4) is 0 Å². The number of aliphatic hydroxyl groups is 2. The molecule has 0 bridgehead atoms. The number of hydrogen-bond donors (Lipinski definition) is 3. The molecule has 202 valence electrons. The third-order valence-electron chi connectivity index (χ3n) is 7.99. The highest BCUT2D eigenvalue weighted by Gasteiger charge is 2.55. The van der Waals surface area contributed by atoms with Gasteiger partial charge in [0.25, 0.3) is 0 Å². The van der Waals surface area contributed by atoms with E-state index in [4.69, 9.17) is 0 Å². The zero-order valence-corrected chi connectivity index (χ0v) is 22.5. The summed E-state index contributed by atoms with van der Waals surface area (Å²) in [5, 5.41) is 32.3. The summed E-state index contributed by atoms with van der Waals surface area (Å²) in [6, 6.07) is 16.1. The zero-order chi connectivity index (χ0) is 27.4. The van der Waals surface area contributed by atoms with Gasteiger partial charge in [0, 0.05) is 11.5 Å². The van der Waals surface area contributed by atoms with E-state index in [0.29, 0.717) is 24.9 Å². The molecule has 4 rings (SSSR count). The molecule has 2 amide bonds. The number of phenolic OH excluding ortho intramolecular Hbond substituents is 1. The summed E-state index contributed by atoms with van der Waals surface area (Å²) < 4.78 is 0. The third-order valence-corrected chi connectivity index (χ3v) is 7.99. The van der Waals surface area contributed by atoms with Crippen molar-refractivity contribution in [3.63, 3.8) is 0 Å². The van der Waals surface area contributed by atoms with Gasteiger partial charge in [-0.05, 0) is 55.4 Å². The van der Waals surface area contributed by atoms with Gasteiger partial charge in [0.2, 0.25) is 11.8 Å². The van der Waals surface area contributed by atoms with E-state index in [1.165, 1.54) is 4.90 Å². The van der Waals surface area contributed by atoms with Crippen LogP contribution in [0.4, 0.5) is 5.69 Å². The molecule has 2 aromatic carbocycles. The Bertz CT molecular complexity index is 1220. The van der Waals surface area contributed by atoms with Gasteiger partial charge in [0.05, 0.1) is 30.2 Å². The number of benzene rings is 2. The van der Waals surface area contributed by atoms with E-state index in [9.17, 15) is 24.9 Å². The molecule has 0 aromatic heterocycles. The number of fused-ring (bicyclic) bond motifs is 1. The van der Waals surface area contributed by atoms with E-state index < -0.39 is 23.9 Å². The molecule has 38 heavy (non-hydrogen) atoms. The van der Waals surface area contributed by atoms with Crippen LogP contribution in [-0.2, 0) is 9.59 Å². The lowest BCUT2D eigenvalue weighted by Crippen LogP contribution is -2.39. The number of rotatable bonds is 10. The van der Waals surface area contributed by atoms with Crippen molar-refractivity contribution in [1.29, 1.82) is 0 Å². The summed E-state index contributed by atoms with van der Waals surface area (Å²) >= 11 is 0. The molecule has 2 aromatic rings. The second kappa shape index (κ2) is 12.1. The Kier molecular flexibility index (Phi) is 8.85. The average molecular weight is 518 g/mol. The van der Waals surface area contributed by atoms with Gasteiger partial charge < -0.3 is 15.3 Å². The first-order chi connectivity index (χ1) is 18.3. The number of allylic oxidation sites excluding steroid dienone is 2. The van der Waals surface area contributed by atoms with Gasteiger partial charge in [-0.1, -0.05) is 80.8 Å². The molecule has 6 heteroatoms. The topological polar surface area (TPSA) is 98.1 Å². The van der Waals surface area contributed by atoms with Gasteiger partial charge in [-0.3, -0.25) is 14.5 Å². The Labute approximate surface area is 225 Å². The number of aliphatic hydroxyl groups excluding tert-OH is 2. The first kappa shape index (κ1) is 27.8. The highest BCUT2D eigenvalue weighted by atomic mass is 16.3. The molecule has 1 heterocycles. The lowest BCUT2D eigenvalue weighted by molar-refractivity contribution is -0.123. The van der Waals surface area contributed by atoms with Gasteiger partial charge in [-0.15, -0.1) is 0 Å². The summed E-state index contributed by atoms with van der Waals surface area (Å²) in [5.74, 6) is -2.08. The largest absolute Gasteiger partial charge is 0.507 e. The van der Waals surface area contributed by atoms with Gasteiger partial charge >= 0.3 is 0 Å². The first-order valence-electron chi connectivity index (χ1n) is 13.7. The minimum atomic E-state index is -0.844. The van der Waals surface area contributed by atoms with E-state index in [0.717, 1.165) is 35.1 Å². The smallest absolute Gasteiger partial charge is 0.238 e. The van der Waals surface area contributed by atoms with Crippen LogP contribution < -0.4 is 4.90 Å². The molecule has 4 atom stereocenters. The molecule has 3 N–H and O–H groups in total. The molecular formula is C32H39NO5. The summed E-state index contributed by atoms with van der Waals surface area (Å²) in [5.41, 5.74) is 4.10. The van der Waals surface area contributed by atoms with Crippen molar-refractivity contribution >= 4 is 23.6 Å². The van der Waals surface area contributed by atoms with Crippen molar-refractivity contribution in [2.75, 3.05) is 11.5 Å².